The van der Waals surface area contributed by atoms with Crippen LogP contribution >= 0.6 is 0 Å². The minimum absolute atomic E-state index is 0.0156. The Labute approximate surface area is 194 Å². The number of sulfonamides is 1. The summed E-state index contributed by atoms with van der Waals surface area (Å²) in [4.78, 5) is 25.8. The van der Waals surface area contributed by atoms with E-state index in [1.165, 1.54) is 24.3 Å². The molecule has 1 atom stereocenters. The van der Waals surface area contributed by atoms with Crippen LogP contribution in [0.4, 0.5) is 11.4 Å². The molecule has 172 valence electrons. The number of aryl methyl sites for hydroxylation is 1. The van der Waals surface area contributed by atoms with E-state index in [1.54, 1.807) is 48.5 Å². The van der Waals surface area contributed by atoms with Gasteiger partial charge in [0.15, 0.2) is 0 Å². The number of carbonyl (C=O) groups is 2. The molecule has 0 spiro atoms. The fraction of sp³-hybridized carbons (Fsp3) is 0.200. The Balaban J connectivity index is 1.86. The molecule has 0 aliphatic heterocycles. The molecule has 0 aliphatic rings. The molecule has 0 bridgehead atoms. The maximum Gasteiger partial charge on any atom is 0.261 e. The van der Waals surface area contributed by atoms with Crippen molar-refractivity contribution >= 4 is 33.2 Å². The Morgan fingerprint density at radius 2 is 1.36 bits per heavy atom. The van der Waals surface area contributed by atoms with Crippen molar-refractivity contribution in [3.05, 3.63) is 89.5 Å². The summed E-state index contributed by atoms with van der Waals surface area (Å²) in [5, 5.41) is 5.62. The van der Waals surface area contributed by atoms with Crippen molar-refractivity contribution in [1.82, 2.24) is 5.32 Å². The topological polar surface area (TPSA) is 104 Å². The van der Waals surface area contributed by atoms with Crippen LogP contribution in [-0.4, -0.2) is 26.3 Å². The van der Waals surface area contributed by atoms with Crippen molar-refractivity contribution < 1.29 is 18.0 Å². The first-order chi connectivity index (χ1) is 15.7. The average molecular weight is 466 g/mol. The first kappa shape index (κ1) is 24.0. The third kappa shape index (κ3) is 5.98. The molecule has 3 N–H and O–H groups in total. The molecule has 0 radical (unpaired) electrons. The highest BCUT2D eigenvalue weighted by Crippen LogP contribution is 2.23. The van der Waals surface area contributed by atoms with Crippen LogP contribution in [0, 0.1) is 6.92 Å². The minimum atomic E-state index is -3.89. The number of rotatable bonds is 8. The predicted octanol–water partition coefficient (Wildman–Crippen LogP) is 4.58. The van der Waals surface area contributed by atoms with Crippen LogP contribution in [0.1, 0.15) is 46.5 Å². The average Bonchev–Trinajstić information content (AvgIpc) is 2.79. The Morgan fingerprint density at radius 1 is 0.818 bits per heavy atom. The van der Waals surface area contributed by atoms with Crippen molar-refractivity contribution in [1.29, 1.82) is 0 Å². The molecular weight excluding hydrogens is 438 g/mol. The molecule has 7 nitrogen and oxygen atoms in total. The smallest absolute Gasteiger partial charge is 0.261 e. The second-order valence-corrected chi connectivity index (χ2v) is 9.43. The largest absolute Gasteiger partial charge is 0.350 e. The van der Waals surface area contributed by atoms with Crippen LogP contribution < -0.4 is 15.4 Å². The molecule has 0 heterocycles. The van der Waals surface area contributed by atoms with Crippen LogP contribution in [-0.2, 0) is 10.0 Å². The van der Waals surface area contributed by atoms with Crippen LogP contribution in [0.15, 0.2) is 77.7 Å². The zero-order chi connectivity index (χ0) is 24.0. The van der Waals surface area contributed by atoms with E-state index in [1.807, 2.05) is 20.8 Å². The van der Waals surface area contributed by atoms with Crippen LogP contribution in [0.3, 0.4) is 0 Å². The summed E-state index contributed by atoms with van der Waals surface area (Å²) in [6.07, 6.45) is 0.773. The summed E-state index contributed by atoms with van der Waals surface area (Å²) in [5.41, 5.74) is 1.86. The lowest BCUT2D eigenvalue weighted by atomic mass is 10.1. The molecule has 3 aromatic rings. The highest BCUT2D eigenvalue weighted by Gasteiger charge is 2.20. The number of anilines is 2. The van der Waals surface area contributed by atoms with Gasteiger partial charge in [0.1, 0.15) is 0 Å². The summed E-state index contributed by atoms with van der Waals surface area (Å²) in [5.74, 6) is -0.838. The van der Waals surface area contributed by atoms with Crippen LogP contribution in [0.2, 0.25) is 0 Å². The van der Waals surface area contributed by atoms with Gasteiger partial charge in [0, 0.05) is 6.04 Å². The van der Waals surface area contributed by atoms with Gasteiger partial charge in [0.25, 0.3) is 21.8 Å². The summed E-state index contributed by atoms with van der Waals surface area (Å²) in [6.45, 7) is 5.73. The molecule has 0 aliphatic carbocycles. The standard InChI is InChI=1S/C25H27N3O4S/c1-4-18(3)26-24(29)20-9-5-7-11-22(20)27-25(30)21-10-6-8-12-23(21)28-33(31,32)19-15-13-17(2)14-16-19/h5-16,18,28H,4H2,1-3H3,(H,26,29)(H,27,30). The molecule has 33 heavy (non-hydrogen) atoms. The van der Waals surface area contributed by atoms with E-state index in [9.17, 15) is 18.0 Å². The van der Waals surface area contributed by atoms with Gasteiger partial charge in [-0.25, -0.2) is 8.42 Å². The fourth-order valence-electron chi connectivity index (χ4n) is 3.07. The lowest BCUT2D eigenvalue weighted by molar-refractivity contribution is 0.0940. The van der Waals surface area contributed by atoms with E-state index in [-0.39, 0.29) is 28.1 Å². The van der Waals surface area contributed by atoms with E-state index >= 15 is 0 Å². The van der Waals surface area contributed by atoms with Crippen molar-refractivity contribution in [2.45, 2.75) is 38.1 Å². The van der Waals surface area contributed by atoms with Gasteiger partial charge >= 0.3 is 0 Å². The molecule has 3 aromatic carbocycles. The highest BCUT2D eigenvalue weighted by molar-refractivity contribution is 7.92. The highest BCUT2D eigenvalue weighted by atomic mass is 32.2. The lowest BCUT2D eigenvalue weighted by Gasteiger charge is -2.16. The van der Waals surface area contributed by atoms with E-state index in [0.29, 0.717) is 11.3 Å². The molecule has 8 heteroatoms. The van der Waals surface area contributed by atoms with Crippen LogP contribution in [0.25, 0.3) is 0 Å². The number of carbonyl (C=O) groups excluding carboxylic acids is 2. The maximum atomic E-state index is 13.1. The van der Waals surface area contributed by atoms with Gasteiger partial charge in [-0.1, -0.05) is 48.9 Å². The van der Waals surface area contributed by atoms with Gasteiger partial charge < -0.3 is 10.6 Å². The normalized spacial score (nSPS) is 12.0. The van der Waals surface area contributed by atoms with E-state index in [0.717, 1.165) is 12.0 Å². The summed E-state index contributed by atoms with van der Waals surface area (Å²) in [6, 6.07) is 19.4. The van der Waals surface area contributed by atoms with E-state index in [4.69, 9.17) is 0 Å². The molecule has 1 unspecified atom stereocenters. The van der Waals surface area contributed by atoms with E-state index in [2.05, 4.69) is 15.4 Å². The van der Waals surface area contributed by atoms with Gasteiger partial charge in [-0.3, -0.25) is 14.3 Å². The molecule has 0 fully saturated rings. The third-order valence-electron chi connectivity index (χ3n) is 5.16. The van der Waals surface area contributed by atoms with Crippen molar-refractivity contribution in [3.8, 4) is 0 Å². The number of nitrogens with one attached hydrogen (secondary N) is 3. The fourth-order valence-corrected chi connectivity index (χ4v) is 4.15. The van der Waals surface area contributed by atoms with Gasteiger partial charge in [0.2, 0.25) is 0 Å². The minimum Gasteiger partial charge on any atom is -0.350 e. The van der Waals surface area contributed by atoms with Gasteiger partial charge in [-0.15, -0.1) is 0 Å². The van der Waals surface area contributed by atoms with Crippen molar-refractivity contribution in [2.75, 3.05) is 10.0 Å². The number of amides is 2. The van der Waals surface area contributed by atoms with Gasteiger partial charge in [-0.05, 0) is 56.7 Å². The molecule has 3 rings (SSSR count). The molecule has 0 saturated carbocycles. The second-order valence-electron chi connectivity index (χ2n) is 7.75. The van der Waals surface area contributed by atoms with Crippen molar-refractivity contribution in [2.24, 2.45) is 0 Å². The Kier molecular flexibility index (Phi) is 7.50. The van der Waals surface area contributed by atoms with E-state index < -0.39 is 15.9 Å². The number of para-hydroxylation sites is 2. The monoisotopic (exact) mass is 465 g/mol. The SMILES string of the molecule is CCC(C)NC(=O)c1ccccc1NC(=O)c1ccccc1NS(=O)(=O)c1ccc(C)cc1. The number of hydrogen-bond donors (Lipinski definition) is 3. The predicted molar refractivity (Wildman–Crippen MR) is 130 cm³/mol. The molecular formula is C25H27N3O4S. The molecule has 2 amide bonds. The number of hydrogen-bond acceptors (Lipinski definition) is 4. The van der Waals surface area contributed by atoms with Gasteiger partial charge in [0.05, 0.1) is 27.4 Å². The summed E-state index contributed by atoms with van der Waals surface area (Å²) < 4.78 is 28.1. The molecule has 0 aromatic heterocycles. The molecule has 0 saturated heterocycles. The lowest BCUT2D eigenvalue weighted by Crippen LogP contribution is -2.32. The second kappa shape index (κ2) is 10.3. The third-order valence-corrected chi connectivity index (χ3v) is 6.54. The first-order valence-electron chi connectivity index (χ1n) is 10.6. The first-order valence-corrected chi connectivity index (χ1v) is 12.1. The zero-order valence-corrected chi connectivity index (χ0v) is 19.6. The number of benzene rings is 3. The Hall–Kier alpha value is -3.65. The quantitative estimate of drug-likeness (QED) is 0.453. The zero-order valence-electron chi connectivity index (χ0n) is 18.8. The van der Waals surface area contributed by atoms with Crippen LogP contribution in [0.5, 0.6) is 0 Å². The van der Waals surface area contributed by atoms with Gasteiger partial charge in [-0.2, -0.15) is 0 Å². The maximum absolute atomic E-state index is 13.1. The van der Waals surface area contributed by atoms with Crippen molar-refractivity contribution in [3.63, 3.8) is 0 Å². The summed E-state index contributed by atoms with van der Waals surface area (Å²) >= 11 is 0. The Morgan fingerprint density at radius 3 is 1.97 bits per heavy atom. The summed E-state index contributed by atoms with van der Waals surface area (Å²) in [7, 11) is -3.89. The Bertz CT molecular complexity index is 1250.